The van der Waals surface area contributed by atoms with Gasteiger partial charge in [0.2, 0.25) is 0 Å². The first-order chi connectivity index (χ1) is 12.2. The summed E-state index contributed by atoms with van der Waals surface area (Å²) in [6.45, 7) is 5.73. The zero-order valence-corrected chi connectivity index (χ0v) is 14.8. The van der Waals surface area contributed by atoms with Crippen molar-refractivity contribution < 1.29 is 9.53 Å². The number of piperazine rings is 1. The van der Waals surface area contributed by atoms with Gasteiger partial charge in [0.25, 0.3) is 0 Å². The van der Waals surface area contributed by atoms with Crippen LogP contribution in [0.5, 0.6) is 5.75 Å². The van der Waals surface area contributed by atoms with E-state index >= 15 is 0 Å². The monoisotopic (exact) mass is 338 g/mol. The van der Waals surface area contributed by atoms with Crippen LogP contribution in [-0.4, -0.2) is 49.5 Å². The molecule has 0 aromatic heterocycles. The summed E-state index contributed by atoms with van der Waals surface area (Å²) in [5.41, 5.74) is 2.60. The molecule has 1 aliphatic rings. The van der Waals surface area contributed by atoms with Crippen LogP contribution < -0.4 is 10.1 Å². The zero-order valence-electron chi connectivity index (χ0n) is 14.8. The van der Waals surface area contributed by atoms with E-state index in [0.717, 1.165) is 38.3 Å². The number of hydrogen-bond donors (Lipinski definition) is 1. The fourth-order valence-electron chi connectivity index (χ4n) is 3.11. The van der Waals surface area contributed by atoms with Crippen LogP contribution in [0.4, 0.5) is 0 Å². The summed E-state index contributed by atoms with van der Waals surface area (Å²) in [7, 11) is 0. The van der Waals surface area contributed by atoms with Gasteiger partial charge in [-0.25, -0.2) is 0 Å². The summed E-state index contributed by atoms with van der Waals surface area (Å²) in [5, 5.41) is 3.25. The van der Waals surface area contributed by atoms with Gasteiger partial charge in [-0.3, -0.25) is 9.69 Å². The summed E-state index contributed by atoms with van der Waals surface area (Å²) >= 11 is 0. The highest BCUT2D eigenvalue weighted by Gasteiger charge is 2.22. The Labute approximate surface area is 149 Å². The van der Waals surface area contributed by atoms with Crippen LogP contribution in [0, 0.1) is 0 Å². The summed E-state index contributed by atoms with van der Waals surface area (Å²) in [6.07, 6.45) is 0.939. The van der Waals surface area contributed by atoms with Crippen molar-refractivity contribution in [2.24, 2.45) is 0 Å². The lowest BCUT2D eigenvalue weighted by Crippen LogP contribution is -2.54. The SMILES string of the molecule is CC(=O)C1CN(CCOc2ccc(Cc3ccccc3)cc2)CCN1. The largest absolute Gasteiger partial charge is 0.492 e. The number of carbonyl (C=O) groups is 1. The van der Waals surface area contributed by atoms with Crippen molar-refractivity contribution in [2.45, 2.75) is 19.4 Å². The van der Waals surface area contributed by atoms with E-state index in [9.17, 15) is 4.79 Å². The third kappa shape index (κ3) is 5.41. The number of carbonyl (C=O) groups excluding carboxylic acids is 1. The smallest absolute Gasteiger partial charge is 0.147 e. The highest BCUT2D eigenvalue weighted by atomic mass is 16.5. The van der Waals surface area contributed by atoms with Gasteiger partial charge in [-0.2, -0.15) is 0 Å². The minimum atomic E-state index is -0.0361. The van der Waals surface area contributed by atoms with Crippen molar-refractivity contribution in [3.05, 3.63) is 65.7 Å². The second-order valence-corrected chi connectivity index (χ2v) is 6.57. The van der Waals surface area contributed by atoms with E-state index in [4.69, 9.17) is 4.74 Å². The fraction of sp³-hybridized carbons (Fsp3) is 0.381. The van der Waals surface area contributed by atoms with Crippen molar-refractivity contribution in [2.75, 3.05) is 32.8 Å². The molecular weight excluding hydrogens is 312 g/mol. The van der Waals surface area contributed by atoms with Gasteiger partial charge in [0, 0.05) is 26.2 Å². The Kier molecular flexibility index (Phi) is 6.20. The van der Waals surface area contributed by atoms with E-state index in [1.54, 1.807) is 6.92 Å². The molecule has 0 radical (unpaired) electrons. The number of hydrogen-bond acceptors (Lipinski definition) is 4. The first-order valence-corrected chi connectivity index (χ1v) is 8.92. The Morgan fingerprint density at radius 1 is 1.12 bits per heavy atom. The van der Waals surface area contributed by atoms with Crippen molar-refractivity contribution in [3.63, 3.8) is 0 Å². The first kappa shape index (κ1) is 17.6. The highest BCUT2D eigenvalue weighted by Crippen LogP contribution is 2.15. The zero-order chi connectivity index (χ0) is 17.5. The summed E-state index contributed by atoms with van der Waals surface area (Å²) in [6, 6.07) is 18.8. The third-order valence-electron chi connectivity index (χ3n) is 4.60. The van der Waals surface area contributed by atoms with E-state index < -0.39 is 0 Å². The maximum atomic E-state index is 11.5. The van der Waals surface area contributed by atoms with Crippen LogP contribution in [0.1, 0.15) is 18.1 Å². The fourth-order valence-corrected chi connectivity index (χ4v) is 3.11. The average molecular weight is 338 g/mol. The second kappa shape index (κ2) is 8.79. The van der Waals surface area contributed by atoms with Crippen molar-refractivity contribution >= 4 is 5.78 Å². The second-order valence-electron chi connectivity index (χ2n) is 6.57. The molecule has 2 aromatic rings. The molecule has 1 saturated heterocycles. The van der Waals surface area contributed by atoms with Crippen molar-refractivity contribution in [3.8, 4) is 5.75 Å². The number of nitrogens with one attached hydrogen (secondary N) is 1. The molecule has 2 aromatic carbocycles. The molecule has 0 saturated carbocycles. The van der Waals surface area contributed by atoms with Gasteiger partial charge < -0.3 is 10.1 Å². The van der Waals surface area contributed by atoms with Crippen LogP contribution in [0.25, 0.3) is 0 Å². The maximum absolute atomic E-state index is 11.5. The van der Waals surface area contributed by atoms with Gasteiger partial charge in [0.1, 0.15) is 18.1 Å². The molecule has 0 aliphatic carbocycles. The summed E-state index contributed by atoms with van der Waals surface area (Å²) in [4.78, 5) is 13.8. The van der Waals surface area contributed by atoms with E-state index in [0.29, 0.717) is 6.61 Å². The van der Waals surface area contributed by atoms with Gasteiger partial charge in [0.15, 0.2) is 0 Å². The highest BCUT2D eigenvalue weighted by molar-refractivity contribution is 5.81. The molecule has 25 heavy (non-hydrogen) atoms. The molecule has 1 N–H and O–H groups in total. The van der Waals surface area contributed by atoms with E-state index in [2.05, 4.69) is 46.6 Å². The van der Waals surface area contributed by atoms with Gasteiger partial charge >= 0.3 is 0 Å². The predicted octanol–water partition coefficient (Wildman–Crippen LogP) is 2.52. The minimum absolute atomic E-state index is 0.0361. The normalized spacial score (nSPS) is 18.0. The van der Waals surface area contributed by atoms with Crippen LogP contribution in [0.2, 0.25) is 0 Å². The number of Topliss-reactive ketones (excluding diaryl/α,β-unsaturated/α-hetero) is 1. The predicted molar refractivity (Wildman–Crippen MR) is 100 cm³/mol. The molecule has 132 valence electrons. The van der Waals surface area contributed by atoms with Gasteiger partial charge in [0.05, 0.1) is 6.04 Å². The standard InChI is InChI=1S/C21H26N2O2/c1-17(24)21-16-23(12-11-22-21)13-14-25-20-9-7-19(8-10-20)15-18-5-3-2-4-6-18/h2-10,21-22H,11-16H2,1H3. The van der Waals surface area contributed by atoms with Crippen LogP contribution in [0.15, 0.2) is 54.6 Å². The van der Waals surface area contributed by atoms with Gasteiger partial charge in [-0.1, -0.05) is 42.5 Å². The summed E-state index contributed by atoms with van der Waals surface area (Å²) in [5.74, 6) is 1.11. The molecule has 1 fully saturated rings. The Morgan fingerprint density at radius 3 is 2.56 bits per heavy atom. The van der Waals surface area contributed by atoms with Crippen LogP contribution >= 0.6 is 0 Å². The Hall–Kier alpha value is -2.17. The van der Waals surface area contributed by atoms with E-state index in [1.165, 1.54) is 11.1 Å². The molecule has 1 aliphatic heterocycles. The molecule has 0 spiro atoms. The Morgan fingerprint density at radius 2 is 1.84 bits per heavy atom. The van der Waals surface area contributed by atoms with Crippen molar-refractivity contribution in [1.29, 1.82) is 0 Å². The van der Waals surface area contributed by atoms with Crippen LogP contribution in [-0.2, 0) is 11.2 Å². The number of rotatable bonds is 7. The Bertz CT molecular complexity index is 670. The number of benzene rings is 2. The lowest BCUT2D eigenvalue weighted by Gasteiger charge is -2.32. The molecule has 1 atom stereocenters. The number of ketones is 1. The molecule has 3 rings (SSSR count). The van der Waals surface area contributed by atoms with E-state index in [1.807, 2.05) is 18.2 Å². The van der Waals surface area contributed by atoms with Gasteiger partial charge in [-0.15, -0.1) is 0 Å². The van der Waals surface area contributed by atoms with Crippen molar-refractivity contribution in [1.82, 2.24) is 10.2 Å². The van der Waals surface area contributed by atoms with E-state index in [-0.39, 0.29) is 11.8 Å². The topological polar surface area (TPSA) is 41.6 Å². The average Bonchev–Trinajstić information content (AvgIpc) is 2.64. The molecule has 4 nitrogen and oxygen atoms in total. The minimum Gasteiger partial charge on any atom is -0.492 e. The molecular formula is C21H26N2O2. The molecule has 1 unspecified atom stereocenters. The number of ether oxygens (including phenoxy) is 1. The summed E-state index contributed by atoms with van der Waals surface area (Å²) < 4.78 is 5.86. The molecule has 0 bridgehead atoms. The third-order valence-corrected chi connectivity index (χ3v) is 4.60. The number of nitrogens with zero attached hydrogens (tertiary/aromatic N) is 1. The molecule has 0 amide bonds. The molecule has 4 heteroatoms. The van der Waals surface area contributed by atoms with Crippen LogP contribution in [0.3, 0.4) is 0 Å². The molecule has 1 heterocycles. The maximum Gasteiger partial charge on any atom is 0.147 e. The first-order valence-electron chi connectivity index (χ1n) is 8.92. The lowest BCUT2D eigenvalue weighted by molar-refractivity contribution is -0.120. The quantitative estimate of drug-likeness (QED) is 0.842. The Balaban J connectivity index is 1.43. The van der Waals surface area contributed by atoms with Gasteiger partial charge in [-0.05, 0) is 36.6 Å². The lowest BCUT2D eigenvalue weighted by atomic mass is 10.1.